The van der Waals surface area contributed by atoms with E-state index < -0.39 is 15.7 Å². The van der Waals surface area contributed by atoms with E-state index in [4.69, 9.17) is 9.29 Å². The number of nitrogens with one attached hydrogen (secondary N) is 1. The summed E-state index contributed by atoms with van der Waals surface area (Å²) < 4.78 is 34.4. The zero-order chi connectivity index (χ0) is 18.2. The van der Waals surface area contributed by atoms with Gasteiger partial charge in [0.1, 0.15) is 5.60 Å². The number of hydrogen-bond acceptors (Lipinski definition) is 5. The Kier molecular flexibility index (Phi) is 18.2. The fourth-order valence-electron chi connectivity index (χ4n) is 1.25. The van der Waals surface area contributed by atoms with E-state index in [0.29, 0.717) is 32.4 Å². The predicted octanol–water partition coefficient (Wildman–Crippen LogP) is 3.03. The molecule has 0 aromatic carbocycles. The third-order valence-electron chi connectivity index (χ3n) is 1.91. The molecule has 0 amide bonds. The Balaban J connectivity index is -0.000000826. The Morgan fingerprint density at radius 2 is 1.50 bits per heavy atom. The van der Waals surface area contributed by atoms with Gasteiger partial charge in [0.25, 0.3) is 10.1 Å². The Morgan fingerprint density at radius 1 is 1.05 bits per heavy atom. The van der Waals surface area contributed by atoms with E-state index >= 15 is 0 Å². The van der Waals surface area contributed by atoms with Crippen LogP contribution in [0.25, 0.3) is 0 Å². The summed E-state index contributed by atoms with van der Waals surface area (Å²) in [5.74, 6) is -0.478. The van der Waals surface area contributed by atoms with Gasteiger partial charge in [-0.1, -0.05) is 27.7 Å². The molecule has 0 aliphatic heterocycles. The molecule has 2 N–H and O–H groups in total. The van der Waals surface area contributed by atoms with Crippen molar-refractivity contribution in [1.29, 1.82) is 0 Å². The SMILES string of the molecule is CC.CC.CC(C)(C)OC(=O)CCCNCCCS(=O)(=O)O. The molecule has 0 saturated carbocycles. The molecule has 6 nitrogen and oxygen atoms in total. The molecule has 0 heterocycles. The van der Waals surface area contributed by atoms with Gasteiger partial charge in [-0.2, -0.15) is 8.42 Å². The van der Waals surface area contributed by atoms with Gasteiger partial charge in [-0.05, 0) is 46.7 Å². The van der Waals surface area contributed by atoms with Gasteiger partial charge in [0.15, 0.2) is 0 Å². The van der Waals surface area contributed by atoms with Crippen molar-refractivity contribution in [3.63, 3.8) is 0 Å². The van der Waals surface area contributed by atoms with Crippen LogP contribution in [0.4, 0.5) is 0 Å². The molecule has 0 aromatic heterocycles. The van der Waals surface area contributed by atoms with Gasteiger partial charge in [-0.15, -0.1) is 0 Å². The minimum atomic E-state index is -3.86. The maximum Gasteiger partial charge on any atom is 0.306 e. The highest BCUT2D eigenvalue weighted by Gasteiger charge is 2.15. The predicted molar refractivity (Wildman–Crippen MR) is 91.7 cm³/mol. The first-order valence-corrected chi connectivity index (χ1v) is 9.59. The lowest BCUT2D eigenvalue weighted by Crippen LogP contribution is -2.25. The van der Waals surface area contributed by atoms with E-state index in [1.54, 1.807) is 0 Å². The van der Waals surface area contributed by atoms with Crippen LogP contribution in [0.15, 0.2) is 0 Å². The second kappa shape index (κ2) is 15.2. The van der Waals surface area contributed by atoms with Crippen LogP contribution in [-0.2, 0) is 19.6 Å². The zero-order valence-corrected chi connectivity index (χ0v) is 16.0. The molecule has 7 heteroatoms. The largest absolute Gasteiger partial charge is 0.460 e. The minimum absolute atomic E-state index is 0.234. The highest BCUT2D eigenvalue weighted by Crippen LogP contribution is 2.08. The fourth-order valence-corrected chi connectivity index (χ4v) is 1.76. The summed E-state index contributed by atoms with van der Waals surface area (Å²) in [5.41, 5.74) is -0.458. The Labute approximate surface area is 136 Å². The third kappa shape index (κ3) is 27.6. The van der Waals surface area contributed by atoms with Crippen LogP contribution in [0.1, 0.15) is 67.7 Å². The van der Waals surface area contributed by atoms with Gasteiger partial charge in [0.05, 0.1) is 5.75 Å². The van der Waals surface area contributed by atoms with Crippen LogP contribution in [0.3, 0.4) is 0 Å². The van der Waals surface area contributed by atoms with Gasteiger partial charge in [-0.25, -0.2) is 0 Å². The van der Waals surface area contributed by atoms with Crippen molar-refractivity contribution in [3.8, 4) is 0 Å². The Morgan fingerprint density at radius 3 is 1.91 bits per heavy atom. The van der Waals surface area contributed by atoms with Gasteiger partial charge >= 0.3 is 5.97 Å². The molecule has 0 fully saturated rings. The van der Waals surface area contributed by atoms with Crippen LogP contribution in [0.5, 0.6) is 0 Å². The number of hydrogen-bond donors (Lipinski definition) is 2. The molecule has 0 aliphatic rings. The van der Waals surface area contributed by atoms with E-state index in [1.807, 2.05) is 48.5 Å². The first-order valence-electron chi connectivity index (χ1n) is 7.98. The Hall–Kier alpha value is -0.660. The summed E-state index contributed by atoms with van der Waals surface area (Å²) in [6, 6.07) is 0. The summed E-state index contributed by atoms with van der Waals surface area (Å²) in [6.07, 6.45) is 1.33. The minimum Gasteiger partial charge on any atom is -0.460 e. The molecule has 0 aliphatic carbocycles. The lowest BCUT2D eigenvalue weighted by molar-refractivity contribution is -0.154. The zero-order valence-electron chi connectivity index (χ0n) is 15.2. The van der Waals surface area contributed by atoms with E-state index in [-0.39, 0.29) is 11.7 Å². The van der Waals surface area contributed by atoms with Crippen molar-refractivity contribution in [2.75, 3.05) is 18.8 Å². The number of ether oxygens (including phenoxy) is 1. The average Bonchev–Trinajstić information content (AvgIpc) is 2.39. The maximum absolute atomic E-state index is 11.3. The number of carbonyl (C=O) groups excluding carboxylic acids is 1. The number of esters is 1. The third-order valence-corrected chi connectivity index (χ3v) is 2.71. The summed E-state index contributed by atoms with van der Waals surface area (Å²) in [7, 11) is -3.86. The van der Waals surface area contributed by atoms with E-state index in [2.05, 4.69) is 5.32 Å². The monoisotopic (exact) mass is 341 g/mol. The molecule has 0 aromatic rings. The molecule has 22 heavy (non-hydrogen) atoms. The van der Waals surface area contributed by atoms with E-state index in [1.165, 1.54) is 0 Å². The molecular formula is C15H35NO5S. The topological polar surface area (TPSA) is 92.7 Å². The molecular weight excluding hydrogens is 306 g/mol. The smallest absolute Gasteiger partial charge is 0.306 e. The quantitative estimate of drug-likeness (QED) is 0.400. The molecule has 0 bridgehead atoms. The van der Waals surface area contributed by atoms with Crippen molar-refractivity contribution in [1.82, 2.24) is 5.32 Å². The Bertz CT molecular complexity index is 347. The highest BCUT2D eigenvalue weighted by molar-refractivity contribution is 7.85. The highest BCUT2D eigenvalue weighted by atomic mass is 32.2. The van der Waals surface area contributed by atoms with E-state index in [0.717, 1.165) is 0 Å². The summed E-state index contributed by atoms with van der Waals surface area (Å²) in [5, 5.41) is 2.99. The molecule has 136 valence electrons. The summed E-state index contributed by atoms with van der Waals surface area (Å²) in [4.78, 5) is 11.3. The number of carbonyl (C=O) groups is 1. The van der Waals surface area contributed by atoms with Crippen LogP contribution >= 0.6 is 0 Å². The van der Waals surface area contributed by atoms with Gasteiger partial charge in [0, 0.05) is 6.42 Å². The average molecular weight is 342 g/mol. The fraction of sp³-hybridized carbons (Fsp3) is 0.933. The van der Waals surface area contributed by atoms with Crippen molar-refractivity contribution >= 4 is 16.1 Å². The maximum atomic E-state index is 11.3. The van der Waals surface area contributed by atoms with Crippen LogP contribution < -0.4 is 5.32 Å². The lowest BCUT2D eigenvalue weighted by Gasteiger charge is -2.19. The number of rotatable bonds is 8. The van der Waals surface area contributed by atoms with Crippen molar-refractivity contribution in [2.45, 2.75) is 73.3 Å². The summed E-state index contributed by atoms with van der Waals surface area (Å²) in [6.45, 7) is 14.6. The normalized spacial score (nSPS) is 10.7. The molecule has 0 rings (SSSR count). The van der Waals surface area contributed by atoms with Crippen molar-refractivity contribution in [3.05, 3.63) is 0 Å². The van der Waals surface area contributed by atoms with Crippen LogP contribution in [0, 0.1) is 0 Å². The van der Waals surface area contributed by atoms with Gasteiger partial charge in [0.2, 0.25) is 0 Å². The first-order chi connectivity index (χ1) is 10.1. The van der Waals surface area contributed by atoms with Crippen LogP contribution in [-0.4, -0.2) is 43.4 Å². The van der Waals surface area contributed by atoms with E-state index in [9.17, 15) is 13.2 Å². The van der Waals surface area contributed by atoms with Gasteiger partial charge < -0.3 is 10.1 Å². The summed E-state index contributed by atoms with van der Waals surface area (Å²) >= 11 is 0. The molecule has 0 unspecified atom stereocenters. The standard InChI is InChI=1S/C11H23NO5S.2C2H6/c1-11(2,3)17-10(13)6-4-7-12-8-5-9-18(14,15)16;2*1-2/h12H,4-9H2,1-3H3,(H,14,15,16);2*1-2H3. The molecule has 0 saturated heterocycles. The lowest BCUT2D eigenvalue weighted by atomic mass is 10.2. The molecule has 0 radical (unpaired) electrons. The van der Waals surface area contributed by atoms with Crippen LogP contribution in [0.2, 0.25) is 0 Å². The van der Waals surface area contributed by atoms with Crippen molar-refractivity contribution < 1.29 is 22.5 Å². The second-order valence-corrected chi connectivity index (χ2v) is 6.65. The van der Waals surface area contributed by atoms with Crippen molar-refractivity contribution in [2.24, 2.45) is 0 Å². The second-order valence-electron chi connectivity index (χ2n) is 5.08. The molecule has 0 atom stereocenters. The van der Waals surface area contributed by atoms with Gasteiger partial charge in [-0.3, -0.25) is 9.35 Å². The molecule has 0 spiro atoms. The first kappa shape index (κ1) is 26.2.